The standard InChI is InChI=1S/C69H131NO8/c1-3-5-7-9-11-13-15-17-19-20-21-22-23-24-25-26-27-28-29-30-31-32-33-34-35-36-37-38-39-40-41-42-43-44-45-47-49-51-53-55-57-59-65(73)70-62(61-77-69-68(76)67(75)66(74)64(60-71)78-69)63(72)58-56-54-52-50-48-46-18-16-14-12-10-8-6-4-2/h20-21,48,50,56,58,62-64,66-69,71-72,74-76H,3-19,22-47,49,51-55,57,59-61H2,1-2H3,(H,70,73)/b21-20-,50-48+,58-56+. The lowest BCUT2D eigenvalue weighted by Gasteiger charge is -2.40. The van der Waals surface area contributed by atoms with E-state index in [0.717, 1.165) is 38.5 Å². The molecule has 1 saturated heterocycles. The van der Waals surface area contributed by atoms with Crippen LogP contribution >= 0.6 is 0 Å². The fourth-order valence-electron chi connectivity index (χ4n) is 11.1. The molecule has 6 N–H and O–H groups in total. The van der Waals surface area contributed by atoms with Gasteiger partial charge in [-0.15, -0.1) is 0 Å². The molecule has 78 heavy (non-hydrogen) atoms. The predicted molar refractivity (Wildman–Crippen MR) is 332 cm³/mol. The summed E-state index contributed by atoms with van der Waals surface area (Å²) in [5, 5.41) is 54.5. The number of unbranched alkanes of at least 4 members (excludes halogenated alkanes) is 46. The first kappa shape index (κ1) is 74.4. The van der Waals surface area contributed by atoms with Crippen LogP contribution in [0.3, 0.4) is 0 Å². The summed E-state index contributed by atoms with van der Waals surface area (Å²) < 4.78 is 11.3. The van der Waals surface area contributed by atoms with Crippen molar-refractivity contribution in [3.05, 3.63) is 36.5 Å². The van der Waals surface area contributed by atoms with Crippen LogP contribution in [0.1, 0.15) is 341 Å². The van der Waals surface area contributed by atoms with E-state index in [4.69, 9.17) is 9.47 Å². The number of carbonyl (C=O) groups is 1. The smallest absolute Gasteiger partial charge is 0.220 e. The largest absolute Gasteiger partial charge is 0.394 e. The molecule has 7 unspecified atom stereocenters. The van der Waals surface area contributed by atoms with Crippen molar-refractivity contribution in [3.63, 3.8) is 0 Å². The fraction of sp³-hybridized carbons (Fsp3) is 0.899. The lowest BCUT2D eigenvalue weighted by Crippen LogP contribution is -2.60. The Morgan fingerprint density at radius 1 is 0.423 bits per heavy atom. The molecule has 0 bridgehead atoms. The normalized spacial score (nSPS) is 18.8. The molecule has 0 saturated carbocycles. The Kier molecular flexibility index (Phi) is 55.9. The maximum absolute atomic E-state index is 13.1. The van der Waals surface area contributed by atoms with Crippen LogP contribution < -0.4 is 5.32 Å². The molecular formula is C69H131NO8. The summed E-state index contributed by atoms with van der Waals surface area (Å²) in [6, 6.07) is -0.819. The SMILES string of the molecule is CCCCCCCCCC/C=C\CCCCCCCCCCCCCCCCCCCCCCCCCCCCCCCC(=O)NC(COC1OC(CO)C(O)C(O)C1O)C(O)/C=C/CC/C=C/CCCCCCCCCC. The van der Waals surface area contributed by atoms with E-state index in [-0.39, 0.29) is 12.5 Å². The van der Waals surface area contributed by atoms with Gasteiger partial charge < -0.3 is 40.3 Å². The lowest BCUT2D eigenvalue weighted by molar-refractivity contribution is -0.302. The van der Waals surface area contributed by atoms with E-state index in [1.807, 2.05) is 6.08 Å². The van der Waals surface area contributed by atoms with E-state index in [1.54, 1.807) is 6.08 Å². The average molecular weight is 1100 g/mol. The minimum absolute atomic E-state index is 0.181. The Morgan fingerprint density at radius 3 is 1.08 bits per heavy atom. The van der Waals surface area contributed by atoms with Crippen molar-refractivity contribution in [2.24, 2.45) is 0 Å². The molecule has 0 aromatic carbocycles. The highest BCUT2D eigenvalue weighted by Gasteiger charge is 2.44. The quantitative estimate of drug-likeness (QED) is 0.0261. The molecule has 7 atom stereocenters. The number of allylic oxidation sites excluding steroid dienone is 5. The Morgan fingerprint density at radius 2 is 0.731 bits per heavy atom. The van der Waals surface area contributed by atoms with Crippen LogP contribution in [0, 0.1) is 0 Å². The van der Waals surface area contributed by atoms with Gasteiger partial charge in [-0.1, -0.05) is 314 Å². The molecular weight excluding hydrogens is 971 g/mol. The second-order valence-corrected chi connectivity index (χ2v) is 24.0. The number of nitrogens with one attached hydrogen (secondary N) is 1. The summed E-state index contributed by atoms with van der Waals surface area (Å²) in [7, 11) is 0. The van der Waals surface area contributed by atoms with Crippen LogP contribution in [0.4, 0.5) is 0 Å². The highest BCUT2D eigenvalue weighted by atomic mass is 16.7. The van der Waals surface area contributed by atoms with E-state index in [1.165, 1.54) is 283 Å². The molecule has 0 aromatic rings. The van der Waals surface area contributed by atoms with Gasteiger partial charge in [-0.05, 0) is 57.8 Å². The van der Waals surface area contributed by atoms with E-state index >= 15 is 0 Å². The first-order chi connectivity index (χ1) is 38.3. The van der Waals surface area contributed by atoms with Gasteiger partial charge in [0, 0.05) is 6.42 Å². The maximum atomic E-state index is 13.1. The predicted octanol–water partition coefficient (Wildman–Crippen LogP) is 18.3. The average Bonchev–Trinajstić information content (AvgIpc) is 3.46. The zero-order valence-electron chi connectivity index (χ0n) is 51.4. The van der Waals surface area contributed by atoms with Crippen molar-refractivity contribution >= 4 is 5.91 Å². The summed E-state index contributed by atoms with van der Waals surface area (Å²) in [5.41, 5.74) is 0. The number of carbonyl (C=O) groups excluding carboxylic acids is 1. The first-order valence-corrected chi connectivity index (χ1v) is 34.2. The Labute approximate surface area is 482 Å². The zero-order chi connectivity index (χ0) is 56.5. The third-order valence-corrected chi connectivity index (χ3v) is 16.4. The van der Waals surface area contributed by atoms with Gasteiger partial charge in [-0.3, -0.25) is 4.79 Å². The van der Waals surface area contributed by atoms with Gasteiger partial charge in [0.15, 0.2) is 6.29 Å². The number of amides is 1. The molecule has 1 heterocycles. The molecule has 0 aromatic heterocycles. The summed E-state index contributed by atoms with van der Waals surface area (Å²) >= 11 is 0. The molecule has 9 nitrogen and oxygen atoms in total. The number of hydrogen-bond donors (Lipinski definition) is 6. The molecule has 0 spiro atoms. The second kappa shape index (κ2) is 58.6. The van der Waals surface area contributed by atoms with Crippen molar-refractivity contribution in [1.82, 2.24) is 5.32 Å². The van der Waals surface area contributed by atoms with Crippen molar-refractivity contribution in [2.75, 3.05) is 13.2 Å². The van der Waals surface area contributed by atoms with E-state index in [0.29, 0.717) is 6.42 Å². The monoisotopic (exact) mass is 1100 g/mol. The third kappa shape index (κ3) is 47.0. The Hall–Kier alpha value is -1.59. The summed E-state index contributed by atoms with van der Waals surface area (Å²) in [5.74, 6) is -0.181. The molecule has 0 radical (unpaired) electrons. The van der Waals surface area contributed by atoms with Crippen molar-refractivity contribution in [2.45, 2.75) is 384 Å². The van der Waals surface area contributed by atoms with Crippen LogP contribution in [-0.4, -0.2) is 87.5 Å². The fourth-order valence-corrected chi connectivity index (χ4v) is 11.1. The molecule has 1 fully saturated rings. The van der Waals surface area contributed by atoms with E-state index < -0.39 is 49.5 Å². The molecule has 9 heteroatoms. The highest BCUT2D eigenvalue weighted by molar-refractivity contribution is 5.76. The number of ether oxygens (including phenoxy) is 2. The Balaban J connectivity index is 2.01. The summed E-state index contributed by atoms with van der Waals surface area (Å²) in [6.45, 7) is 3.78. The second-order valence-electron chi connectivity index (χ2n) is 24.0. The molecule has 0 aliphatic carbocycles. The number of rotatable bonds is 60. The number of hydrogen-bond acceptors (Lipinski definition) is 8. The van der Waals surface area contributed by atoms with Crippen LogP contribution in [-0.2, 0) is 14.3 Å². The molecule has 1 aliphatic rings. The van der Waals surface area contributed by atoms with Crippen molar-refractivity contribution < 1.29 is 39.8 Å². The molecule has 460 valence electrons. The van der Waals surface area contributed by atoms with Crippen LogP contribution in [0.5, 0.6) is 0 Å². The van der Waals surface area contributed by atoms with E-state index in [2.05, 4.69) is 43.5 Å². The maximum Gasteiger partial charge on any atom is 0.220 e. The summed E-state index contributed by atoms with van der Waals surface area (Å²) in [6.07, 6.45) is 71.4. The number of aliphatic hydroxyl groups is 5. The molecule has 1 aliphatic heterocycles. The molecule has 1 amide bonds. The number of aliphatic hydroxyl groups excluding tert-OH is 5. The molecule has 1 rings (SSSR count). The van der Waals surface area contributed by atoms with Gasteiger partial charge in [-0.25, -0.2) is 0 Å². The van der Waals surface area contributed by atoms with Gasteiger partial charge in [0.25, 0.3) is 0 Å². The van der Waals surface area contributed by atoms with Crippen LogP contribution in [0.2, 0.25) is 0 Å². The van der Waals surface area contributed by atoms with Crippen LogP contribution in [0.25, 0.3) is 0 Å². The first-order valence-electron chi connectivity index (χ1n) is 34.2. The van der Waals surface area contributed by atoms with Gasteiger partial charge in [0.05, 0.1) is 25.4 Å². The van der Waals surface area contributed by atoms with Crippen molar-refractivity contribution in [3.8, 4) is 0 Å². The third-order valence-electron chi connectivity index (χ3n) is 16.4. The van der Waals surface area contributed by atoms with Gasteiger partial charge in [0.2, 0.25) is 5.91 Å². The van der Waals surface area contributed by atoms with E-state index in [9.17, 15) is 30.3 Å². The zero-order valence-corrected chi connectivity index (χ0v) is 51.4. The minimum atomic E-state index is -1.57. The van der Waals surface area contributed by atoms with Crippen LogP contribution in [0.15, 0.2) is 36.5 Å². The van der Waals surface area contributed by atoms with Crippen molar-refractivity contribution in [1.29, 1.82) is 0 Å². The Bertz CT molecular complexity index is 1320. The van der Waals surface area contributed by atoms with Gasteiger partial charge in [0.1, 0.15) is 24.4 Å². The van der Waals surface area contributed by atoms with Gasteiger partial charge >= 0.3 is 0 Å². The highest BCUT2D eigenvalue weighted by Crippen LogP contribution is 2.23. The minimum Gasteiger partial charge on any atom is -0.394 e. The van der Waals surface area contributed by atoms with Gasteiger partial charge in [-0.2, -0.15) is 0 Å². The summed E-state index contributed by atoms with van der Waals surface area (Å²) in [4.78, 5) is 13.1. The lowest BCUT2D eigenvalue weighted by atomic mass is 9.99. The topological polar surface area (TPSA) is 149 Å².